The first-order valence-corrected chi connectivity index (χ1v) is 11.8. The van der Waals surface area contributed by atoms with Crippen molar-refractivity contribution in [3.05, 3.63) is 125 Å². The van der Waals surface area contributed by atoms with Gasteiger partial charge in [-0.15, -0.1) is 0 Å². The monoisotopic (exact) mass is 437 g/mol. The van der Waals surface area contributed by atoms with Gasteiger partial charge in [0.1, 0.15) is 12.4 Å². The Bertz CT molecular complexity index is 1220. The highest BCUT2D eigenvalue weighted by atomic mass is 31.1. The van der Waals surface area contributed by atoms with E-state index < -0.39 is 0 Å². The van der Waals surface area contributed by atoms with Crippen molar-refractivity contribution < 1.29 is 4.74 Å². The summed E-state index contributed by atoms with van der Waals surface area (Å²) in [6.07, 6.45) is 0. The molecule has 0 heterocycles. The number of hydrogen-bond donors (Lipinski definition) is 0. The van der Waals surface area contributed by atoms with Gasteiger partial charge in [0.25, 0.3) is 0 Å². The van der Waals surface area contributed by atoms with Gasteiger partial charge in [-0.3, -0.25) is 4.99 Å². The molecule has 0 aliphatic rings. The predicted molar refractivity (Wildman–Crippen MR) is 139 cm³/mol. The third-order valence-electron chi connectivity index (χ3n) is 5.50. The van der Waals surface area contributed by atoms with Gasteiger partial charge >= 0.3 is 0 Å². The van der Waals surface area contributed by atoms with Crippen LogP contribution in [0.3, 0.4) is 0 Å². The molecule has 0 aromatic heterocycles. The largest absolute Gasteiger partial charge is 0.488 e. The molecule has 0 radical (unpaired) electrons. The Morgan fingerprint density at radius 3 is 2.12 bits per heavy atom. The van der Waals surface area contributed by atoms with Gasteiger partial charge < -0.3 is 4.74 Å². The first kappa shape index (κ1) is 22.0. The number of aryl methyl sites for hydroxylation is 2. The number of para-hydroxylation sites is 1. The standard InChI is InChI=1S/C29H28NOP/c1-21-12-11-19-26(28(21)31-20-23-14-6-4-7-15-23)32-29-22(2)13-10-18-25(29)27(30-3)24-16-8-5-9-17-24/h4-19,32H,20H2,1-3H3. The molecule has 1 unspecified atom stereocenters. The van der Waals surface area contributed by atoms with Gasteiger partial charge in [0.15, 0.2) is 0 Å². The van der Waals surface area contributed by atoms with Crippen LogP contribution in [0.25, 0.3) is 0 Å². The Hall–Kier alpha value is -3.22. The Morgan fingerprint density at radius 2 is 1.41 bits per heavy atom. The molecule has 0 fully saturated rings. The highest BCUT2D eigenvalue weighted by Crippen LogP contribution is 2.27. The number of hydrogen-bond acceptors (Lipinski definition) is 2. The van der Waals surface area contributed by atoms with Crippen molar-refractivity contribution in [2.75, 3.05) is 7.05 Å². The first-order valence-electron chi connectivity index (χ1n) is 10.8. The van der Waals surface area contributed by atoms with E-state index in [4.69, 9.17) is 4.74 Å². The zero-order chi connectivity index (χ0) is 22.3. The maximum Gasteiger partial charge on any atom is 0.130 e. The van der Waals surface area contributed by atoms with E-state index in [1.807, 2.05) is 31.3 Å². The highest BCUT2D eigenvalue weighted by molar-refractivity contribution is 7.56. The zero-order valence-corrected chi connectivity index (χ0v) is 19.8. The SMILES string of the molecule is CN=C(c1ccccc1)c1cccc(C)c1Pc1cccc(C)c1OCc1ccccc1. The van der Waals surface area contributed by atoms with Crippen LogP contribution in [-0.4, -0.2) is 12.8 Å². The lowest BCUT2D eigenvalue weighted by atomic mass is 10.0. The number of rotatable bonds is 7. The van der Waals surface area contributed by atoms with E-state index in [-0.39, 0.29) is 0 Å². The number of aliphatic imine (C=N–C) groups is 1. The molecule has 0 aliphatic carbocycles. The van der Waals surface area contributed by atoms with Crippen LogP contribution < -0.4 is 15.3 Å². The number of ether oxygens (including phenoxy) is 1. The molecular formula is C29H28NOP. The number of benzene rings is 4. The molecule has 2 nitrogen and oxygen atoms in total. The molecule has 32 heavy (non-hydrogen) atoms. The van der Waals surface area contributed by atoms with E-state index in [9.17, 15) is 0 Å². The van der Waals surface area contributed by atoms with Crippen molar-refractivity contribution in [1.82, 2.24) is 0 Å². The highest BCUT2D eigenvalue weighted by Gasteiger charge is 2.16. The van der Waals surface area contributed by atoms with Gasteiger partial charge in [0, 0.05) is 23.5 Å². The topological polar surface area (TPSA) is 21.6 Å². The summed E-state index contributed by atoms with van der Waals surface area (Å²) in [4.78, 5) is 4.68. The summed E-state index contributed by atoms with van der Waals surface area (Å²) in [5.74, 6) is 0.985. The van der Waals surface area contributed by atoms with Crippen molar-refractivity contribution in [2.45, 2.75) is 20.5 Å². The average molecular weight is 438 g/mol. The summed E-state index contributed by atoms with van der Waals surface area (Å²) >= 11 is 0. The van der Waals surface area contributed by atoms with E-state index >= 15 is 0 Å². The van der Waals surface area contributed by atoms with Crippen LogP contribution in [0.2, 0.25) is 0 Å². The fourth-order valence-electron chi connectivity index (χ4n) is 3.84. The second-order valence-electron chi connectivity index (χ2n) is 7.79. The zero-order valence-electron chi connectivity index (χ0n) is 18.8. The minimum atomic E-state index is 0.472. The van der Waals surface area contributed by atoms with Crippen LogP contribution in [0.5, 0.6) is 5.75 Å². The first-order chi connectivity index (χ1) is 15.7. The molecule has 4 aromatic carbocycles. The van der Waals surface area contributed by atoms with Crippen LogP contribution in [-0.2, 0) is 6.61 Å². The molecular weight excluding hydrogens is 409 g/mol. The third-order valence-corrected chi connectivity index (χ3v) is 7.07. The summed E-state index contributed by atoms with van der Waals surface area (Å²) < 4.78 is 6.35. The van der Waals surface area contributed by atoms with Crippen LogP contribution in [0.4, 0.5) is 0 Å². The fourth-order valence-corrected chi connectivity index (χ4v) is 5.29. The van der Waals surface area contributed by atoms with Gasteiger partial charge in [-0.05, 0) is 35.8 Å². The lowest BCUT2D eigenvalue weighted by molar-refractivity contribution is 0.307. The van der Waals surface area contributed by atoms with E-state index in [0.717, 1.165) is 22.6 Å². The Labute approximate surface area is 192 Å². The molecule has 0 saturated carbocycles. The smallest absolute Gasteiger partial charge is 0.130 e. The normalized spacial score (nSPS) is 11.8. The second kappa shape index (κ2) is 10.4. The second-order valence-corrected chi connectivity index (χ2v) is 9.08. The van der Waals surface area contributed by atoms with Crippen molar-refractivity contribution in [3.8, 4) is 5.75 Å². The van der Waals surface area contributed by atoms with E-state index in [2.05, 4.69) is 91.6 Å². The van der Waals surface area contributed by atoms with E-state index in [1.54, 1.807) is 0 Å². The summed E-state index contributed by atoms with van der Waals surface area (Å²) in [5, 5.41) is 2.53. The summed E-state index contributed by atoms with van der Waals surface area (Å²) in [6.45, 7) is 4.87. The Balaban J connectivity index is 1.70. The van der Waals surface area contributed by atoms with Gasteiger partial charge in [-0.2, -0.15) is 0 Å². The minimum Gasteiger partial charge on any atom is -0.488 e. The molecule has 0 aliphatic heterocycles. The van der Waals surface area contributed by atoms with Crippen LogP contribution in [0.15, 0.2) is 102 Å². The van der Waals surface area contributed by atoms with Gasteiger partial charge in [0.05, 0.1) is 5.71 Å². The molecule has 0 amide bonds. The Kier molecular flexibility index (Phi) is 7.14. The van der Waals surface area contributed by atoms with Crippen molar-refractivity contribution >= 4 is 24.9 Å². The van der Waals surface area contributed by atoms with E-state index in [1.165, 1.54) is 27.3 Å². The van der Waals surface area contributed by atoms with Crippen molar-refractivity contribution in [1.29, 1.82) is 0 Å². The van der Waals surface area contributed by atoms with Gasteiger partial charge in [-0.1, -0.05) is 106 Å². The minimum absolute atomic E-state index is 0.472. The van der Waals surface area contributed by atoms with Crippen LogP contribution in [0, 0.1) is 13.8 Å². The molecule has 0 saturated heterocycles. The summed E-state index contributed by atoms with van der Waals surface area (Å²) in [6, 6.07) is 33.7. The lowest BCUT2D eigenvalue weighted by Crippen LogP contribution is -2.19. The van der Waals surface area contributed by atoms with Gasteiger partial charge in [-0.25, -0.2) is 0 Å². The van der Waals surface area contributed by atoms with E-state index in [0.29, 0.717) is 15.2 Å². The number of nitrogens with zero attached hydrogens (tertiary/aromatic N) is 1. The van der Waals surface area contributed by atoms with Crippen molar-refractivity contribution in [3.63, 3.8) is 0 Å². The summed E-state index contributed by atoms with van der Waals surface area (Å²) in [5.41, 5.74) is 6.95. The molecule has 0 N–H and O–H groups in total. The molecule has 4 rings (SSSR count). The fraction of sp³-hybridized carbons (Fsp3) is 0.138. The maximum absolute atomic E-state index is 6.35. The lowest BCUT2D eigenvalue weighted by Gasteiger charge is -2.18. The maximum atomic E-state index is 6.35. The third kappa shape index (κ3) is 4.98. The molecule has 4 aromatic rings. The summed E-state index contributed by atoms with van der Waals surface area (Å²) in [7, 11) is 2.35. The van der Waals surface area contributed by atoms with Crippen LogP contribution in [0.1, 0.15) is 27.8 Å². The molecule has 160 valence electrons. The predicted octanol–water partition coefficient (Wildman–Crippen LogP) is 5.98. The van der Waals surface area contributed by atoms with Gasteiger partial charge in [0.2, 0.25) is 0 Å². The Morgan fingerprint density at radius 1 is 0.750 bits per heavy atom. The molecule has 0 bridgehead atoms. The van der Waals surface area contributed by atoms with Crippen molar-refractivity contribution in [2.24, 2.45) is 4.99 Å². The molecule has 3 heteroatoms. The van der Waals surface area contributed by atoms with Crippen LogP contribution >= 0.6 is 8.58 Å². The molecule has 1 atom stereocenters. The average Bonchev–Trinajstić information content (AvgIpc) is 2.82. The molecule has 0 spiro atoms. The quantitative estimate of drug-likeness (QED) is 0.257.